The highest BCUT2D eigenvalue weighted by Gasteiger charge is 2.35. The van der Waals surface area contributed by atoms with Crippen molar-refractivity contribution in [2.24, 2.45) is 0 Å². The molecule has 6 nitrogen and oxygen atoms in total. The fourth-order valence-corrected chi connectivity index (χ4v) is 2.90. The molecule has 0 bridgehead atoms. The van der Waals surface area contributed by atoms with Crippen LogP contribution in [-0.4, -0.2) is 50.2 Å². The molecule has 2 atom stereocenters. The van der Waals surface area contributed by atoms with Crippen molar-refractivity contribution in [1.29, 1.82) is 0 Å². The van der Waals surface area contributed by atoms with E-state index in [9.17, 15) is 9.59 Å². The van der Waals surface area contributed by atoms with Gasteiger partial charge in [-0.25, -0.2) is 0 Å². The van der Waals surface area contributed by atoms with Crippen LogP contribution < -0.4 is 15.5 Å². The topological polar surface area (TPSA) is 70.7 Å². The van der Waals surface area contributed by atoms with Gasteiger partial charge in [0.25, 0.3) is 5.91 Å². The number of benzene rings is 1. The molecule has 0 aromatic heterocycles. The highest BCUT2D eigenvalue weighted by Crippen LogP contribution is 2.24. The minimum absolute atomic E-state index is 0.112. The second kappa shape index (κ2) is 6.64. The van der Waals surface area contributed by atoms with Gasteiger partial charge in [-0.15, -0.1) is 0 Å². The molecule has 2 aliphatic heterocycles. The van der Waals surface area contributed by atoms with E-state index in [2.05, 4.69) is 10.6 Å². The molecule has 0 aliphatic carbocycles. The third kappa shape index (κ3) is 3.24. The van der Waals surface area contributed by atoms with E-state index in [4.69, 9.17) is 16.3 Å². The first-order chi connectivity index (χ1) is 10.6. The van der Waals surface area contributed by atoms with E-state index < -0.39 is 12.1 Å². The number of ether oxygens (including phenoxy) is 1. The van der Waals surface area contributed by atoms with Gasteiger partial charge in [0.15, 0.2) is 0 Å². The average molecular weight is 324 g/mol. The number of anilines is 1. The second-order valence-corrected chi connectivity index (χ2v) is 5.82. The smallest absolute Gasteiger partial charge is 0.251 e. The Hall–Kier alpha value is -1.63. The number of amides is 2. The number of nitrogens with zero attached hydrogens (tertiary/aromatic N) is 1. The average Bonchev–Trinajstić information content (AvgIpc) is 2.89. The van der Waals surface area contributed by atoms with E-state index in [-0.39, 0.29) is 11.8 Å². The summed E-state index contributed by atoms with van der Waals surface area (Å²) in [5.74, 6) is -0.349. The number of carbonyl (C=O) groups is 2. The van der Waals surface area contributed by atoms with Crippen LogP contribution in [0.3, 0.4) is 0 Å². The summed E-state index contributed by atoms with van der Waals surface area (Å²) < 4.78 is 5.40. The van der Waals surface area contributed by atoms with Gasteiger partial charge < -0.3 is 20.3 Å². The summed E-state index contributed by atoms with van der Waals surface area (Å²) in [6.45, 7) is 2.29. The van der Waals surface area contributed by atoms with Gasteiger partial charge in [-0.05, 0) is 24.6 Å². The van der Waals surface area contributed by atoms with Crippen molar-refractivity contribution in [1.82, 2.24) is 10.6 Å². The molecule has 0 spiro atoms. The van der Waals surface area contributed by atoms with Gasteiger partial charge in [0.05, 0.1) is 6.61 Å². The molecule has 1 aromatic carbocycles. The normalized spacial score (nSPS) is 25.3. The molecule has 2 amide bonds. The summed E-state index contributed by atoms with van der Waals surface area (Å²) in [6.07, 6.45) is 0.0545. The Kier molecular flexibility index (Phi) is 4.61. The quantitative estimate of drug-likeness (QED) is 0.852. The fraction of sp³-hybridized carbons (Fsp3) is 0.467. The summed E-state index contributed by atoms with van der Waals surface area (Å²) in [6, 6.07) is 6.65. The molecule has 2 aliphatic rings. The standard InChI is InChI=1S/C15H18ClN3O3/c16-10-2-1-3-11(8-10)19-6-4-12(15(19)21)18-14(20)13-9-17-5-7-22-13/h1-3,8,12-13,17H,4-7,9H2,(H,18,20). The van der Waals surface area contributed by atoms with Crippen LogP contribution in [0.15, 0.2) is 24.3 Å². The molecule has 2 N–H and O–H groups in total. The minimum Gasteiger partial charge on any atom is -0.366 e. The molecule has 2 heterocycles. The van der Waals surface area contributed by atoms with Crippen molar-refractivity contribution in [2.45, 2.75) is 18.6 Å². The molecular formula is C15H18ClN3O3. The van der Waals surface area contributed by atoms with Gasteiger partial charge in [0.2, 0.25) is 5.91 Å². The summed E-state index contributed by atoms with van der Waals surface area (Å²) >= 11 is 5.96. The lowest BCUT2D eigenvalue weighted by Crippen LogP contribution is -2.51. The van der Waals surface area contributed by atoms with Crippen molar-refractivity contribution < 1.29 is 14.3 Å². The van der Waals surface area contributed by atoms with Crippen LogP contribution in [0.5, 0.6) is 0 Å². The fourth-order valence-electron chi connectivity index (χ4n) is 2.71. The molecule has 2 unspecified atom stereocenters. The predicted molar refractivity (Wildman–Crippen MR) is 83.0 cm³/mol. The second-order valence-electron chi connectivity index (χ2n) is 5.38. The van der Waals surface area contributed by atoms with Crippen LogP contribution in [0.1, 0.15) is 6.42 Å². The van der Waals surface area contributed by atoms with Gasteiger partial charge in [-0.1, -0.05) is 17.7 Å². The molecule has 1 aromatic rings. The maximum atomic E-state index is 12.4. The highest BCUT2D eigenvalue weighted by atomic mass is 35.5. The van der Waals surface area contributed by atoms with Gasteiger partial charge in [-0.3, -0.25) is 9.59 Å². The lowest BCUT2D eigenvalue weighted by molar-refractivity contribution is -0.136. The number of carbonyl (C=O) groups excluding carboxylic acids is 2. The first-order valence-corrected chi connectivity index (χ1v) is 7.72. The molecule has 2 fully saturated rings. The molecule has 3 rings (SSSR count). The molecule has 2 saturated heterocycles. The molecule has 0 radical (unpaired) electrons. The molecule has 0 saturated carbocycles. The number of nitrogens with one attached hydrogen (secondary N) is 2. The van der Waals surface area contributed by atoms with E-state index in [0.29, 0.717) is 31.1 Å². The summed E-state index contributed by atoms with van der Waals surface area (Å²) in [5.41, 5.74) is 0.754. The Labute approximate surface area is 133 Å². The number of hydrogen-bond donors (Lipinski definition) is 2. The number of rotatable bonds is 3. The van der Waals surface area contributed by atoms with E-state index in [1.165, 1.54) is 0 Å². The van der Waals surface area contributed by atoms with Crippen LogP contribution >= 0.6 is 11.6 Å². The third-order valence-electron chi connectivity index (χ3n) is 3.86. The van der Waals surface area contributed by atoms with Crippen molar-refractivity contribution in [3.63, 3.8) is 0 Å². The largest absolute Gasteiger partial charge is 0.366 e. The van der Waals surface area contributed by atoms with Crippen molar-refractivity contribution in [3.05, 3.63) is 29.3 Å². The zero-order chi connectivity index (χ0) is 15.5. The minimum atomic E-state index is -0.526. The van der Waals surface area contributed by atoms with Crippen LogP contribution in [-0.2, 0) is 14.3 Å². The zero-order valence-corrected chi connectivity index (χ0v) is 12.8. The van der Waals surface area contributed by atoms with Crippen molar-refractivity contribution >= 4 is 29.1 Å². The maximum Gasteiger partial charge on any atom is 0.251 e. The Morgan fingerprint density at radius 1 is 1.45 bits per heavy atom. The van der Waals surface area contributed by atoms with E-state index in [1.54, 1.807) is 23.1 Å². The number of morpholine rings is 1. The molecule has 7 heteroatoms. The lowest BCUT2D eigenvalue weighted by atomic mass is 10.2. The van der Waals surface area contributed by atoms with Crippen LogP contribution in [0.25, 0.3) is 0 Å². The van der Waals surface area contributed by atoms with Crippen LogP contribution in [0.4, 0.5) is 5.69 Å². The van der Waals surface area contributed by atoms with Gasteiger partial charge in [0, 0.05) is 30.3 Å². The molecular weight excluding hydrogens is 306 g/mol. The van der Waals surface area contributed by atoms with Gasteiger partial charge in [-0.2, -0.15) is 0 Å². The van der Waals surface area contributed by atoms with Crippen LogP contribution in [0, 0.1) is 0 Å². The highest BCUT2D eigenvalue weighted by molar-refractivity contribution is 6.31. The Morgan fingerprint density at radius 2 is 2.32 bits per heavy atom. The van der Waals surface area contributed by atoms with E-state index in [0.717, 1.165) is 12.2 Å². The van der Waals surface area contributed by atoms with Gasteiger partial charge >= 0.3 is 0 Å². The van der Waals surface area contributed by atoms with Gasteiger partial charge in [0.1, 0.15) is 12.1 Å². The monoisotopic (exact) mass is 323 g/mol. The van der Waals surface area contributed by atoms with E-state index in [1.807, 2.05) is 6.07 Å². The Balaban J connectivity index is 1.62. The summed E-state index contributed by atoms with van der Waals surface area (Å²) in [5, 5.41) is 6.46. The Morgan fingerprint density at radius 3 is 3.05 bits per heavy atom. The number of halogens is 1. The molecule has 22 heavy (non-hydrogen) atoms. The third-order valence-corrected chi connectivity index (χ3v) is 4.10. The van der Waals surface area contributed by atoms with E-state index >= 15 is 0 Å². The predicted octanol–water partition coefficient (Wildman–Crippen LogP) is 0.550. The first-order valence-electron chi connectivity index (χ1n) is 7.35. The van der Waals surface area contributed by atoms with Crippen LogP contribution in [0.2, 0.25) is 5.02 Å². The molecule has 118 valence electrons. The Bertz CT molecular complexity index is 575. The van der Waals surface area contributed by atoms with Crippen molar-refractivity contribution in [3.8, 4) is 0 Å². The number of hydrogen-bond acceptors (Lipinski definition) is 4. The SMILES string of the molecule is O=C(NC1CCN(c2cccc(Cl)c2)C1=O)C1CNCCO1. The first kappa shape index (κ1) is 15.3. The zero-order valence-electron chi connectivity index (χ0n) is 12.0. The summed E-state index contributed by atoms with van der Waals surface area (Å²) in [4.78, 5) is 26.2. The van der Waals surface area contributed by atoms with Crippen molar-refractivity contribution in [2.75, 3.05) is 31.1 Å². The maximum absolute atomic E-state index is 12.4. The summed E-state index contributed by atoms with van der Waals surface area (Å²) in [7, 11) is 0. The lowest BCUT2D eigenvalue weighted by Gasteiger charge is -2.24.